The van der Waals surface area contributed by atoms with Crippen LogP contribution in [0.2, 0.25) is 5.02 Å². The maximum atomic E-state index is 12.8. The van der Waals surface area contributed by atoms with Crippen LogP contribution in [0.4, 0.5) is 13.2 Å². The first kappa shape index (κ1) is 17.3. The van der Waals surface area contributed by atoms with Gasteiger partial charge in [0.15, 0.2) is 0 Å². The predicted octanol–water partition coefficient (Wildman–Crippen LogP) is 3.97. The van der Waals surface area contributed by atoms with Crippen LogP contribution in [0.5, 0.6) is 0 Å². The largest absolute Gasteiger partial charge is 0.461 e. The van der Waals surface area contributed by atoms with Crippen molar-refractivity contribution in [1.82, 2.24) is 14.8 Å². The molecule has 5 nitrogen and oxygen atoms in total. The first-order valence-corrected chi connectivity index (χ1v) is 7.68. The highest BCUT2D eigenvalue weighted by molar-refractivity contribution is 6.38. The molecule has 0 unspecified atom stereocenters. The highest BCUT2D eigenvalue weighted by Crippen LogP contribution is 2.31. The van der Waals surface area contributed by atoms with Crippen LogP contribution in [0, 0.1) is 0 Å². The molecule has 132 valence electrons. The lowest BCUT2D eigenvalue weighted by Crippen LogP contribution is -2.14. The van der Waals surface area contributed by atoms with Crippen molar-refractivity contribution in [1.29, 1.82) is 0 Å². The molecule has 0 amide bonds. The lowest BCUT2D eigenvalue weighted by Gasteiger charge is -2.08. The van der Waals surface area contributed by atoms with Crippen molar-refractivity contribution in [2.75, 3.05) is 6.61 Å². The molecule has 0 bridgehead atoms. The fourth-order valence-electron chi connectivity index (χ4n) is 2.64. The number of carbonyl (C=O) groups is 1. The van der Waals surface area contributed by atoms with E-state index in [2.05, 4.69) is 5.10 Å². The third-order valence-electron chi connectivity index (χ3n) is 3.84. The van der Waals surface area contributed by atoms with Crippen molar-refractivity contribution in [2.24, 2.45) is 7.05 Å². The van der Waals surface area contributed by atoms with E-state index in [0.29, 0.717) is 5.39 Å². The molecular weight excluding hydrogens is 359 g/mol. The number of aromatic nitrogens is 3. The number of nitrogens with one attached hydrogen (secondary N) is 1. The van der Waals surface area contributed by atoms with Crippen LogP contribution >= 0.6 is 11.6 Å². The molecule has 0 aliphatic rings. The Bertz CT molecular complexity index is 891. The van der Waals surface area contributed by atoms with Gasteiger partial charge in [-0.05, 0) is 6.07 Å². The number of hydrogen-bond acceptors (Lipinski definition) is 3. The van der Waals surface area contributed by atoms with Crippen molar-refractivity contribution < 1.29 is 22.7 Å². The van der Waals surface area contributed by atoms with E-state index in [1.807, 2.05) is 11.2 Å². The van der Waals surface area contributed by atoms with Crippen molar-refractivity contribution >= 4 is 28.5 Å². The number of carbonyl (C=O) groups excluding carboxylic acids is 1. The lowest BCUT2D eigenvalue weighted by molar-refractivity contribution is -0.141. The highest BCUT2D eigenvalue weighted by Gasteiger charge is 2.35. The summed E-state index contributed by atoms with van der Waals surface area (Å²) in [5.41, 5.74) is -0.0885. The monoisotopic (exact) mass is 371 g/mol. The van der Waals surface area contributed by atoms with Gasteiger partial charge in [0.2, 0.25) is 0 Å². The molecule has 3 rings (SSSR count). The van der Waals surface area contributed by atoms with Gasteiger partial charge in [-0.3, -0.25) is 5.10 Å². The van der Waals surface area contributed by atoms with Crippen LogP contribution in [-0.2, 0) is 24.4 Å². The number of rotatable bonds is 4. The molecule has 0 aliphatic carbocycles. The number of alkyl halides is 3. The average Bonchev–Trinajstić information content (AvgIpc) is 3.12. The second-order valence-corrected chi connectivity index (χ2v) is 5.77. The van der Waals surface area contributed by atoms with E-state index in [9.17, 15) is 18.0 Å². The Hall–Kier alpha value is -2.48. The molecule has 0 radical (unpaired) electrons. The molecule has 0 saturated heterocycles. The molecule has 9 heteroatoms. The molecule has 25 heavy (non-hydrogen) atoms. The van der Waals surface area contributed by atoms with Crippen molar-refractivity contribution in [2.45, 2.75) is 12.6 Å². The molecule has 3 aromatic rings. The molecule has 0 saturated carbocycles. The fourth-order valence-corrected chi connectivity index (χ4v) is 3.01. The van der Waals surface area contributed by atoms with Crippen molar-refractivity contribution in [3.05, 3.63) is 52.4 Å². The van der Waals surface area contributed by atoms with Crippen LogP contribution in [-0.4, -0.2) is 27.3 Å². The number of aryl methyl sites for hydroxylation is 1. The highest BCUT2D eigenvalue weighted by atomic mass is 35.5. The number of nitrogens with zero attached hydrogens (tertiary/aromatic N) is 2. The number of esters is 1. The Kier molecular flexibility index (Phi) is 4.47. The Balaban J connectivity index is 1.73. The summed E-state index contributed by atoms with van der Waals surface area (Å²) in [5.74, 6) is -0.694. The minimum atomic E-state index is -4.53. The molecular formula is C16H13ClF3N3O2. The van der Waals surface area contributed by atoms with Gasteiger partial charge >= 0.3 is 12.1 Å². The summed E-state index contributed by atoms with van der Waals surface area (Å²) >= 11 is 6.24. The van der Waals surface area contributed by atoms with Crippen LogP contribution < -0.4 is 0 Å². The molecule has 1 aromatic carbocycles. The molecule has 2 heterocycles. The number of hydrogen-bond donors (Lipinski definition) is 1. The molecule has 0 aliphatic heterocycles. The van der Waals surface area contributed by atoms with Gasteiger partial charge in [-0.15, -0.1) is 0 Å². The van der Waals surface area contributed by atoms with E-state index < -0.39 is 17.8 Å². The van der Waals surface area contributed by atoms with Crippen LogP contribution in [0.15, 0.2) is 30.5 Å². The number of benzene rings is 1. The van der Waals surface area contributed by atoms with E-state index in [4.69, 9.17) is 16.3 Å². The van der Waals surface area contributed by atoms with Crippen LogP contribution in [0.3, 0.4) is 0 Å². The Morgan fingerprint density at radius 2 is 2.08 bits per heavy atom. The Morgan fingerprint density at radius 1 is 1.36 bits per heavy atom. The fraction of sp³-hybridized carbons (Fsp3) is 0.250. The molecule has 0 fully saturated rings. The van der Waals surface area contributed by atoms with E-state index in [1.165, 1.54) is 0 Å². The Labute approximate surface area is 145 Å². The van der Waals surface area contributed by atoms with Gasteiger partial charge in [0.25, 0.3) is 0 Å². The van der Waals surface area contributed by atoms with Gasteiger partial charge in [0, 0.05) is 29.9 Å². The zero-order valence-corrected chi connectivity index (χ0v) is 13.8. The average molecular weight is 372 g/mol. The first-order chi connectivity index (χ1) is 11.8. The third-order valence-corrected chi connectivity index (χ3v) is 4.23. The SMILES string of the molecule is Cn1c(C(=O)OCCc2cn[nH]c2C(F)(F)F)c(Cl)c2ccccc21. The molecule has 0 atom stereocenters. The number of aromatic amines is 1. The number of para-hydroxylation sites is 1. The van der Waals surface area contributed by atoms with Gasteiger partial charge in [-0.25, -0.2) is 4.79 Å². The summed E-state index contributed by atoms with van der Waals surface area (Å²) in [6.45, 7) is -0.223. The number of H-pyrrole nitrogens is 1. The summed E-state index contributed by atoms with van der Waals surface area (Å²) < 4.78 is 45.0. The van der Waals surface area contributed by atoms with Crippen LogP contribution in [0.1, 0.15) is 21.7 Å². The molecule has 0 spiro atoms. The smallest absolute Gasteiger partial charge is 0.433 e. The quantitative estimate of drug-likeness (QED) is 0.706. The van der Waals surface area contributed by atoms with Gasteiger partial charge in [0.05, 0.1) is 17.8 Å². The van der Waals surface area contributed by atoms with Crippen LogP contribution in [0.25, 0.3) is 10.9 Å². The zero-order valence-electron chi connectivity index (χ0n) is 13.0. The maximum Gasteiger partial charge on any atom is 0.433 e. The summed E-state index contributed by atoms with van der Waals surface area (Å²) in [6.07, 6.45) is -3.58. The number of fused-ring (bicyclic) bond motifs is 1. The third kappa shape index (κ3) is 3.21. The topological polar surface area (TPSA) is 59.9 Å². The summed E-state index contributed by atoms with van der Waals surface area (Å²) in [5, 5.41) is 6.26. The van der Waals surface area contributed by atoms with Gasteiger partial charge < -0.3 is 9.30 Å². The van der Waals surface area contributed by atoms with Crippen molar-refractivity contribution in [3.63, 3.8) is 0 Å². The molecule has 2 aromatic heterocycles. The van der Waals surface area contributed by atoms with E-state index in [0.717, 1.165) is 11.7 Å². The summed E-state index contributed by atoms with van der Waals surface area (Å²) in [4.78, 5) is 12.3. The number of ether oxygens (including phenoxy) is 1. The maximum absolute atomic E-state index is 12.8. The zero-order chi connectivity index (χ0) is 18.2. The standard InChI is InChI=1S/C16H13ClF3N3O2/c1-23-11-5-3-2-4-10(11)12(17)13(23)15(24)25-7-6-9-8-21-22-14(9)16(18,19)20/h2-5,8H,6-7H2,1H3,(H,21,22). The lowest BCUT2D eigenvalue weighted by atomic mass is 10.2. The predicted molar refractivity (Wildman–Crippen MR) is 85.5 cm³/mol. The first-order valence-electron chi connectivity index (χ1n) is 7.30. The van der Waals surface area contributed by atoms with Gasteiger partial charge in [-0.1, -0.05) is 29.8 Å². The minimum Gasteiger partial charge on any atom is -0.461 e. The second-order valence-electron chi connectivity index (χ2n) is 5.39. The normalized spacial score (nSPS) is 11.9. The van der Waals surface area contributed by atoms with E-state index >= 15 is 0 Å². The molecule has 1 N–H and O–H groups in total. The van der Waals surface area contributed by atoms with Gasteiger partial charge in [-0.2, -0.15) is 18.3 Å². The Morgan fingerprint density at radius 3 is 2.76 bits per heavy atom. The van der Waals surface area contributed by atoms with Crippen molar-refractivity contribution in [3.8, 4) is 0 Å². The second kappa shape index (κ2) is 6.44. The summed E-state index contributed by atoms with van der Waals surface area (Å²) in [6, 6.07) is 7.18. The van der Waals surface area contributed by atoms with E-state index in [-0.39, 0.29) is 29.3 Å². The minimum absolute atomic E-state index is 0.0663. The summed E-state index contributed by atoms with van der Waals surface area (Å²) in [7, 11) is 1.67. The van der Waals surface area contributed by atoms with E-state index in [1.54, 1.807) is 29.8 Å². The number of halogens is 4. The van der Waals surface area contributed by atoms with Gasteiger partial charge in [0.1, 0.15) is 11.4 Å².